The van der Waals surface area contributed by atoms with Gasteiger partial charge in [-0.05, 0) is 38.5 Å². The molecular weight excluding hydrogens is 250 g/mol. The Bertz CT molecular complexity index is 483. The van der Waals surface area contributed by atoms with Crippen molar-refractivity contribution in [2.24, 2.45) is 0 Å². The monoisotopic (exact) mass is 271 g/mol. The molecule has 0 heterocycles. The summed E-state index contributed by atoms with van der Waals surface area (Å²) in [5, 5.41) is 0. The Kier molecular flexibility index (Phi) is 4.72. The van der Waals surface area contributed by atoms with Crippen molar-refractivity contribution in [3.8, 4) is 0 Å². The number of anilines is 1. The van der Waals surface area contributed by atoms with Crippen LogP contribution in [0.3, 0.4) is 0 Å². The molecule has 0 aliphatic carbocycles. The van der Waals surface area contributed by atoms with Crippen LogP contribution in [0.4, 0.5) is 5.69 Å². The number of nitrogens with zero attached hydrogens (tertiary/aromatic N) is 1. The molecule has 1 unspecified atom stereocenters. The predicted molar refractivity (Wildman–Crippen MR) is 74.2 cm³/mol. The molecule has 0 saturated carbocycles. The van der Waals surface area contributed by atoms with Crippen molar-refractivity contribution in [3.63, 3.8) is 0 Å². The fraction of sp³-hybridized carbons (Fsp3) is 0.500. The van der Waals surface area contributed by atoms with Gasteiger partial charge in [0.2, 0.25) is 0 Å². The van der Waals surface area contributed by atoms with E-state index >= 15 is 0 Å². The molecule has 0 spiro atoms. The van der Waals surface area contributed by atoms with Crippen molar-refractivity contribution in [2.45, 2.75) is 32.9 Å². The Morgan fingerprint density at radius 1 is 1.17 bits per heavy atom. The maximum Gasteiger partial charge on any atom is 0.279 e. The summed E-state index contributed by atoms with van der Waals surface area (Å²) in [5.74, 6) is 0. The second kappa shape index (κ2) is 5.69. The Hall–Kier alpha value is -1.11. The van der Waals surface area contributed by atoms with Crippen LogP contribution in [0.2, 0.25) is 0 Å². The maximum atomic E-state index is 12.0. The molecular formula is C12H21N3O2S. The second-order valence-corrected chi connectivity index (χ2v) is 6.38. The maximum absolute atomic E-state index is 12.0. The largest absolute Gasteiger partial charge is 0.399 e. The van der Waals surface area contributed by atoms with Crippen LogP contribution in [0.5, 0.6) is 0 Å². The van der Waals surface area contributed by atoms with E-state index in [0.717, 1.165) is 5.56 Å². The first-order valence-corrected chi connectivity index (χ1v) is 7.28. The highest BCUT2D eigenvalue weighted by molar-refractivity contribution is 7.87. The van der Waals surface area contributed by atoms with Gasteiger partial charge in [0.25, 0.3) is 10.2 Å². The molecule has 0 aromatic heterocycles. The fourth-order valence-electron chi connectivity index (χ4n) is 1.44. The Morgan fingerprint density at radius 3 is 2.11 bits per heavy atom. The molecule has 1 aromatic carbocycles. The summed E-state index contributed by atoms with van der Waals surface area (Å²) in [6, 6.07) is 6.77. The van der Waals surface area contributed by atoms with Crippen LogP contribution in [0.1, 0.15) is 32.4 Å². The number of benzene rings is 1. The third-order valence-corrected chi connectivity index (χ3v) is 4.70. The summed E-state index contributed by atoms with van der Waals surface area (Å²) in [6.45, 7) is 5.46. The average Bonchev–Trinajstić information content (AvgIpc) is 2.28. The Morgan fingerprint density at radius 2 is 1.67 bits per heavy atom. The zero-order valence-electron chi connectivity index (χ0n) is 11.2. The third kappa shape index (κ3) is 3.69. The van der Waals surface area contributed by atoms with Gasteiger partial charge in [-0.25, -0.2) is 0 Å². The van der Waals surface area contributed by atoms with Crippen LogP contribution in [-0.4, -0.2) is 25.8 Å². The van der Waals surface area contributed by atoms with Gasteiger partial charge in [0.15, 0.2) is 0 Å². The summed E-state index contributed by atoms with van der Waals surface area (Å²) >= 11 is 0. The van der Waals surface area contributed by atoms with Crippen LogP contribution in [-0.2, 0) is 10.2 Å². The number of hydrogen-bond donors (Lipinski definition) is 2. The molecule has 1 aromatic rings. The van der Waals surface area contributed by atoms with Gasteiger partial charge in [-0.3, -0.25) is 0 Å². The van der Waals surface area contributed by atoms with Gasteiger partial charge in [-0.1, -0.05) is 12.1 Å². The Balaban J connectivity index is 2.81. The average molecular weight is 271 g/mol. The number of rotatable bonds is 5. The molecule has 0 fully saturated rings. The first-order chi connectivity index (χ1) is 8.24. The van der Waals surface area contributed by atoms with Gasteiger partial charge >= 0.3 is 0 Å². The highest BCUT2D eigenvalue weighted by Crippen LogP contribution is 2.16. The number of nitrogen functional groups attached to an aromatic ring is 1. The molecule has 0 saturated heterocycles. The SMILES string of the molecule is CC(NS(=O)(=O)N(C)C(C)C)c1ccc(N)cc1. The van der Waals surface area contributed by atoms with Gasteiger partial charge in [0.05, 0.1) is 0 Å². The van der Waals surface area contributed by atoms with E-state index < -0.39 is 10.2 Å². The van der Waals surface area contributed by atoms with Gasteiger partial charge in [0, 0.05) is 24.8 Å². The minimum atomic E-state index is -3.46. The fourth-order valence-corrected chi connectivity index (χ4v) is 2.74. The van der Waals surface area contributed by atoms with E-state index in [0.29, 0.717) is 5.69 Å². The van der Waals surface area contributed by atoms with Gasteiger partial charge < -0.3 is 5.73 Å². The molecule has 5 nitrogen and oxygen atoms in total. The van der Waals surface area contributed by atoms with Crippen LogP contribution in [0.15, 0.2) is 24.3 Å². The topological polar surface area (TPSA) is 75.4 Å². The molecule has 102 valence electrons. The van der Waals surface area contributed by atoms with E-state index in [-0.39, 0.29) is 12.1 Å². The van der Waals surface area contributed by atoms with Crippen LogP contribution >= 0.6 is 0 Å². The minimum absolute atomic E-state index is 0.0823. The lowest BCUT2D eigenvalue weighted by Gasteiger charge is -2.24. The lowest BCUT2D eigenvalue weighted by atomic mass is 10.1. The van der Waals surface area contributed by atoms with Gasteiger partial charge in [0.1, 0.15) is 0 Å². The molecule has 6 heteroatoms. The summed E-state index contributed by atoms with van der Waals surface area (Å²) in [4.78, 5) is 0. The summed E-state index contributed by atoms with van der Waals surface area (Å²) in [5.41, 5.74) is 7.13. The molecule has 0 aliphatic heterocycles. The quantitative estimate of drug-likeness (QED) is 0.797. The highest BCUT2D eigenvalue weighted by Gasteiger charge is 2.22. The zero-order chi connectivity index (χ0) is 13.9. The smallest absolute Gasteiger partial charge is 0.279 e. The minimum Gasteiger partial charge on any atom is -0.399 e. The number of nitrogens with two attached hydrogens (primary N) is 1. The van der Waals surface area contributed by atoms with Crippen molar-refractivity contribution in [3.05, 3.63) is 29.8 Å². The summed E-state index contributed by atoms with van der Waals surface area (Å²) in [7, 11) is -1.91. The van der Waals surface area contributed by atoms with Gasteiger partial charge in [-0.15, -0.1) is 0 Å². The lowest BCUT2D eigenvalue weighted by Crippen LogP contribution is -2.42. The van der Waals surface area contributed by atoms with Crippen molar-refractivity contribution < 1.29 is 8.42 Å². The third-order valence-electron chi connectivity index (χ3n) is 2.87. The van der Waals surface area contributed by atoms with Crippen molar-refractivity contribution in [1.29, 1.82) is 0 Å². The summed E-state index contributed by atoms with van der Waals surface area (Å²) < 4.78 is 28.0. The standard InChI is InChI=1S/C12H21N3O2S/c1-9(2)15(4)18(16,17)14-10(3)11-5-7-12(13)8-6-11/h5-10,14H,13H2,1-4H3. The molecule has 1 atom stereocenters. The molecule has 0 amide bonds. The first kappa shape index (κ1) is 14.9. The number of hydrogen-bond acceptors (Lipinski definition) is 3. The molecule has 18 heavy (non-hydrogen) atoms. The van der Waals surface area contributed by atoms with E-state index in [1.165, 1.54) is 4.31 Å². The van der Waals surface area contributed by atoms with E-state index in [2.05, 4.69) is 4.72 Å². The first-order valence-electron chi connectivity index (χ1n) is 5.84. The van der Waals surface area contributed by atoms with Gasteiger partial charge in [-0.2, -0.15) is 17.4 Å². The molecule has 3 N–H and O–H groups in total. The van der Waals surface area contributed by atoms with E-state index in [9.17, 15) is 8.42 Å². The van der Waals surface area contributed by atoms with Crippen molar-refractivity contribution in [2.75, 3.05) is 12.8 Å². The van der Waals surface area contributed by atoms with E-state index in [4.69, 9.17) is 5.73 Å². The van der Waals surface area contributed by atoms with Crippen LogP contribution in [0, 0.1) is 0 Å². The van der Waals surface area contributed by atoms with Crippen molar-refractivity contribution >= 4 is 15.9 Å². The highest BCUT2D eigenvalue weighted by atomic mass is 32.2. The van der Waals surface area contributed by atoms with Crippen molar-refractivity contribution in [1.82, 2.24) is 9.03 Å². The molecule has 0 aliphatic rings. The van der Waals surface area contributed by atoms with Crippen LogP contribution < -0.4 is 10.5 Å². The Labute approximate surface area is 109 Å². The lowest BCUT2D eigenvalue weighted by molar-refractivity contribution is 0.398. The normalized spacial score (nSPS) is 14.1. The molecule has 0 radical (unpaired) electrons. The molecule has 1 rings (SSSR count). The zero-order valence-corrected chi connectivity index (χ0v) is 12.0. The van der Waals surface area contributed by atoms with E-state index in [1.807, 2.05) is 26.0 Å². The van der Waals surface area contributed by atoms with E-state index in [1.54, 1.807) is 26.1 Å². The second-order valence-electron chi connectivity index (χ2n) is 4.62. The predicted octanol–water partition coefficient (Wildman–Crippen LogP) is 1.50. The molecule has 0 bridgehead atoms. The number of nitrogens with one attached hydrogen (secondary N) is 1. The summed E-state index contributed by atoms with van der Waals surface area (Å²) in [6.07, 6.45) is 0. The van der Waals surface area contributed by atoms with Crippen LogP contribution in [0.25, 0.3) is 0 Å².